The van der Waals surface area contributed by atoms with Crippen LogP contribution in [0.25, 0.3) is 0 Å². The zero-order chi connectivity index (χ0) is 51.5. The van der Waals surface area contributed by atoms with Crippen molar-refractivity contribution in [3.05, 3.63) is 215 Å². The molecule has 17 heteroatoms. The van der Waals surface area contributed by atoms with Gasteiger partial charge in [0.2, 0.25) is 21.8 Å². The molecule has 0 bridgehead atoms. The van der Waals surface area contributed by atoms with Gasteiger partial charge in [0, 0.05) is 115 Å². The van der Waals surface area contributed by atoms with E-state index in [-0.39, 0.29) is 30.2 Å². The van der Waals surface area contributed by atoms with Crippen LogP contribution >= 0.6 is 0 Å². The molecule has 16 nitrogen and oxygen atoms in total. The number of amides is 2. The molecular weight excluding hydrogens is 949 g/mol. The molecule has 7 aromatic rings. The molecule has 2 aromatic heterocycles. The third-order valence-electron chi connectivity index (χ3n) is 13.2. The second-order valence-electron chi connectivity index (χ2n) is 18.5. The number of carbonyl (C=O) groups excluding carboxylic acids is 2. The monoisotopic (exact) mass is 1010 g/mol. The first kappa shape index (κ1) is 52.5. The standard InChI is InChI=1S/C32H34N6O3S.C25H28N6O/c33-19-26-11-13-28(14-12-26)22-37-25-34-20-30(37)15-16-35-32(39)31-23-36(21-27-7-3-1-4-8-27)17-18-38(31)42(40,41)24-29-9-5-2-6-10-29;26-14-20-6-8-22(9-7-20)17-31-19-27-15-23(31)10-11-29-25(32)24-18-30(13-12-28-24)16-21-4-2-1-3-5-21/h1-14,20,25,31H,15-18,21-24H2,(H,35,39);1-9,15,19,24,28H,10-13,16-18H2,(H,29,32)/t31-;24-/m11/s1. The van der Waals surface area contributed by atoms with Crippen LogP contribution in [0.15, 0.2) is 165 Å². The van der Waals surface area contributed by atoms with Gasteiger partial charge in [-0.15, -0.1) is 0 Å². The van der Waals surface area contributed by atoms with Crippen LogP contribution in [0.5, 0.6) is 0 Å². The Hall–Kier alpha value is -7.77. The molecule has 2 aliphatic rings. The van der Waals surface area contributed by atoms with E-state index in [9.17, 15) is 18.0 Å². The molecule has 0 spiro atoms. The van der Waals surface area contributed by atoms with E-state index in [1.807, 2.05) is 114 Å². The number of carbonyl (C=O) groups is 2. The van der Waals surface area contributed by atoms with Crippen molar-refractivity contribution >= 4 is 21.8 Å². The minimum atomic E-state index is -3.73. The highest BCUT2D eigenvalue weighted by Crippen LogP contribution is 2.21. The average molecular weight is 1010 g/mol. The lowest BCUT2D eigenvalue weighted by Gasteiger charge is -2.39. The predicted octanol–water partition coefficient (Wildman–Crippen LogP) is 5.11. The van der Waals surface area contributed by atoms with Crippen molar-refractivity contribution in [2.45, 2.75) is 56.9 Å². The highest BCUT2D eigenvalue weighted by molar-refractivity contribution is 7.88. The zero-order valence-corrected chi connectivity index (χ0v) is 42.2. The van der Waals surface area contributed by atoms with Crippen LogP contribution in [0.3, 0.4) is 0 Å². The fourth-order valence-electron chi connectivity index (χ4n) is 9.22. The van der Waals surface area contributed by atoms with Crippen LogP contribution in [0.1, 0.15) is 50.3 Å². The van der Waals surface area contributed by atoms with E-state index in [2.05, 4.69) is 64.6 Å². The number of rotatable bonds is 19. The number of benzene rings is 5. The summed E-state index contributed by atoms with van der Waals surface area (Å²) in [6, 6.07) is 47.6. The number of nitrogens with zero attached hydrogens (tertiary/aromatic N) is 9. The molecule has 5 aromatic carbocycles. The molecule has 2 fully saturated rings. The summed E-state index contributed by atoms with van der Waals surface area (Å²) < 4.78 is 32.6. The summed E-state index contributed by atoms with van der Waals surface area (Å²) in [5.41, 5.74) is 8.50. The number of hydrogen-bond donors (Lipinski definition) is 3. The van der Waals surface area contributed by atoms with Gasteiger partial charge in [0.05, 0.1) is 47.7 Å². The van der Waals surface area contributed by atoms with E-state index in [4.69, 9.17) is 10.5 Å². The average Bonchev–Trinajstić information content (AvgIpc) is 4.08. The van der Waals surface area contributed by atoms with Crippen LogP contribution in [-0.4, -0.2) is 118 Å². The molecule has 0 unspecified atom stereocenters. The fourth-order valence-corrected chi connectivity index (χ4v) is 10.9. The number of aromatic nitrogens is 4. The van der Waals surface area contributed by atoms with Gasteiger partial charge < -0.3 is 25.1 Å². The number of imidazole rings is 2. The van der Waals surface area contributed by atoms with Gasteiger partial charge in [-0.05, 0) is 52.1 Å². The van der Waals surface area contributed by atoms with Gasteiger partial charge in [0.15, 0.2) is 0 Å². The van der Waals surface area contributed by atoms with Crippen molar-refractivity contribution in [3.8, 4) is 12.1 Å². The summed E-state index contributed by atoms with van der Waals surface area (Å²) >= 11 is 0. The molecule has 4 heterocycles. The summed E-state index contributed by atoms with van der Waals surface area (Å²) in [5.74, 6) is -0.409. The summed E-state index contributed by atoms with van der Waals surface area (Å²) in [7, 11) is -3.73. The Bertz CT molecular complexity index is 3080. The van der Waals surface area contributed by atoms with Crippen LogP contribution < -0.4 is 16.0 Å². The SMILES string of the molecule is N#Cc1ccc(Cn2cncc2CCNC(=O)[C@H]2CN(Cc3ccccc3)CCN2)cc1.N#Cc1ccc(Cn2cncc2CCNC(=O)[C@H]2CN(Cc3ccccc3)CCN2S(=O)(=O)Cc2ccccc2)cc1. The molecule has 0 aliphatic carbocycles. The maximum atomic E-state index is 13.6. The van der Waals surface area contributed by atoms with Gasteiger partial charge in [-0.25, -0.2) is 18.4 Å². The van der Waals surface area contributed by atoms with E-state index in [1.165, 1.54) is 9.87 Å². The molecule has 2 amide bonds. The van der Waals surface area contributed by atoms with Gasteiger partial charge in [-0.3, -0.25) is 19.4 Å². The molecule has 74 heavy (non-hydrogen) atoms. The highest BCUT2D eigenvalue weighted by Gasteiger charge is 2.39. The minimum Gasteiger partial charge on any atom is -0.354 e. The van der Waals surface area contributed by atoms with Crippen LogP contribution in [-0.2, 0) is 64.4 Å². The molecule has 3 N–H and O–H groups in total. The quantitative estimate of drug-likeness (QED) is 0.0974. The first-order valence-corrected chi connectivity index (χ1v) is 26.5. The molecule has 2 saturated heterocycles. The van der Waals surface area contributed by atoms with Gasteiger partial charge in [0.1, 0.15) is 6.04 Å². The molecular formula is C57H62N12O4S. The molecule has 0 saturated carbocycles. The lowest BCUT2D eigenvalue weighted by molar-refractivity contribution is -0.126. The maximum Gasteiger partial charge on any atom is 0.239 e. The molecule has 9 rings (SSSR count). The number of piperazine rings is 2. The fraction of sp³-hybridized carbons (Fsp3) is 0.298. The third-order valence-corrected chi connectivity index (χ3v) is 15.0. The molecule has 2 aliphatic heterocycles. The van der Waals surface area contributed by atoms with E-state index < -0.39 is 16.1 Å². The van der Waals surface area contributed by atoms with Crippen molar-refractivity contribution in [1.82, 2.24) is 49.2 Å². The zero-order valence-electron chi connectivity index (χ0n) is 41.4. The van der Waals surface area contributed by atoms with Crippen LogP contribution in [0.4, 0.5) is 0 Å². The normalized spacial score (nSPS) is 16.2. The van der Waals surface area contributed by atoms with Gasteiger partial charge >= 0.3 is 0 Å². The smallest absolute Gasteiger partial charge is 0.239 e. The molecule has 380 valence electrons. The third kappa shape index (κ3) is 15.1. The number of sulfonamides is 1. The summed E-state index contributed by atoms with van der Waals surface area (Å²) in [6.45, 7) is 7.25. The predicted molar refractivity (Wildman–Crippen MR) is 283 cm³/mol. The lowest BCUT2D eigenvalue weighted by atomic mass is 10.1. The summed E-state index contributed by atoms with van der Waals surface area (Å²) in [4.78, 5) is 39.3. The second kappa shape index (κ2) is 26.3. The second-order valence-corrected chi connectivity index (χ2v) is 20.5. The Morgan fingerprint density at radius 2 is 1.03 bits per heavy atom. The van der Waals surface area contributed by atoms with Crippen molar-refractivity contribution in [2.75, 3.05) is 52.4 Å². The molecule has 0 radical (unpaired) electrons. The Labute approximate surface area is 434 Å². The first-order valence-electron chi connectivity index (χ1n) is 24.9. The van der Waals surface area contributed by atoms with Crippen LogP contribution in [0, 0.1) is 22.7 Å². The largest absolute Gasteiger partial charge is 0.354 e. The van der Waals surface area contributed by atoms with Crippen molar-refractivity contribution in [3.63, 3.8) is 0 Å². The van der Waals surface area contributed by atoms with Gasteiger partial charge in [0.25, 0.3) is 0 Å². The minimum absolute atomic E-state index is 0.0425. The van der Waals surface area contributed by atoms with E-state index in [1.54, 1.807) is 43.1 Å². The summed E-state index contributed by atoms with van der Waals surface area (Å²) in [5, 5.41) is 27.4. The topological polar surface area (TPSA) is 197 Å². The number of nitrogens with one attached hydrogen (secondary N) is 3. The van der Waals surface area contributed by atoms with Crippen LogP contribution in [0.2, 0.25) is 0 Å². The van der Waals surface area contributed by atoms with E-state index in [0.717, 1.165) is 47.7 Å². The van der Waals surface area contributed by atoms with E-state index in [0.29, 0.717) is 81.9 Å². The Kier molecular flexibility index (Phi) is 18.6. The van der Waals surface area contributed by atoms with Gasteiger partial charge in [-0.2, -0.15) is 14.8 Å². The highest BCUT2D eigenvalue weighted by atomic mass is 32.2. The van der Waals surface area contributed by atoms with Gasteiger partial charge in [-0.1, -0.05) is 115 Å². The van der Waals surface area contributed by atoms with Crippen molar-refractivity contribution in [2.24, 2.45) is 0 Å². The number of nitriles is 2. The Morgan fingerprint density at radius 1 is 0.568 bits per heavy atom. The van der Waals surface area contributed by atoms with E-state index >= 15 is 0 Å². The Balaban J connectivity index is 0.000000204. The van der Waals surface area contributed by atoms with Crippen molar-refractivity contribution < 1.29 is 18.0 Å². The lowest BCUT2D eigenvalue weighted by Crippen LogP contribution is -2.60. The maximum absolute atomic E-state index is 13.6. The van der Waals surface area contributed by atoms with Crippen molar-refractivity contribution in [1.29, 1.82) is 10.5 Å². The first-order chi connectivity index (χ1) is 36.1. The Morgan fingerprint density at radius 3 is 1.53 bits per heavy atom. The number of hydrogen-bond acceptors (Lipinski definition) is 11. The molecule has 2 atom stereocenters. The summed E-state index contributed by atoms with van der Waals surface area (Å²) in [6.07, 6.45) is 8.42.